The van der Waals surface area contributed by atoms with Crippen LogP contribution in [0.5, 0.6) is 11.5 Å². The molecule has 0 fully saturated rings. The number of alkyl halides is 7. The maximum Gasteiger partial charge on any atom is 0.372 e. The zero-order valence-electron chi connectivity index (χ0n) is 12.7. The number of para-hydroxylation sites is 2. The number of rotatable bonds is 5. The lowest BCUT2D eigenvalue weighted by molar-refractivity contribution is -0.310. The normalized spacial score (nSPS) is 23.9. The Bertz CT molecular complexity index is 589. The van der Waals surface area contributed by atoms with E-state index in [0.717, 1.165) is 0 Å². The van der Waals surface area contributed by atoms with Gasteiger partial charge in [0.2, 0.25) is 0 Å². The first kappa shape index (κ1) is 18.7. The summed E-state index contributed by atoms with van der Waals surface area (Å²) < 4.78 is 103. The van der Waals surface area contributed by atoms with Gasteiger partial charge in [0.05, 0.1) is 0 Å². The van der Waals surface area contributed by atoms with E-state index >= 15 is 0 Å². The molecule has 0 aliphatic carbocycles. The van der Waals surface area contributed by atoms with Gasteiger partial charge in [0.15, 0.2) is 17.2 Å². The van der Waals surface area contributed by atoms with E-state index in [9.17, 15) is 30.7 Å². The fourth-order valence-electron chi connectivity index (χ4n) is 2.38. The Hall–Kier alpha value is -1.67. The van der Waals surface area contributed by atoms with Gasteiger partial charge >= 0.3 is 18.3 Å². The van der Waals surface area contributed by atoms with Gasteiger partial charge in [-0.25, -0.2) is 13.2 Å². The molecule has 0 saturated heterocycles. The Labute approximate surface area is 133 Å². The Morgan fingerprint density at radius 3 is 2.00 bits per heavy atom. The monoisotopic (exact) mass is 360 g/mol. The molecule has 0 saturated carbocycles. The average molecular weight is 360 g/mol. The molecule has 1 aromatic rings. The Balaban J connectivity index is 2.23. The summed E-state index contributed by atoms with van der Waals surface area (Å²) in [7, 11) is 0. The highest BCUT2D eigenvalue weighted by molar-refractivity contribution is 5.41. The van der Waals surface area contributed by atoms with Gasteiger partial charge in [0.1, 0.15) is 12.2 Å². The van der Waals surface area contributed by atoms with Crippen LogP contribution < -0.4 is 9.47 Å². The van der Waals surface area contributed by atoms with Crippen molar-refractivity contribution in [1.29, 1.82) is 0 Å². The summed E-state index contributed by atoms with van der Waals surface area (Å²) in [5.41, 5.74) is -3.94. The minimum atomic E-state index is -5.81. The third-order valence-electron chi connectivity index (χ3n) is 3.90. The molecule has 9 heteroatoms. The second-order valence-electron chi connectivity index (χ2n) is 5.83. The summed E-state index contributed by atoms with van der Waals surface area (Å²) in [5.74, 6) is -11.0. The van der Waals surface area contributed by atoms with Crippen LogP contribution in [0.1, 0.15) is 20.3 Å². The van der Waals surface area contributed by atoms with Gasteiger partial charge < -0.3 is 9.47 Å². The minimum Gasteiger partial charge on any atom is -0.483 e. The molecule has 136 valence electrons. The fraction of sp³-hybridized carbons (Fsp3) is 0.600. The molecule has 0 radical (unpaired) electrons. The molecule has 0 N–H and O–H groups in total. The van der Waals surface area contributed by atoms with Gasteiger partial charge in [-0.3, -0.25) is 0 Å². The lowest BCUT2D eigenvalue weighted by atomic mass is 9.87. The maximum atomic E-state index is 14.4. The van der Waals surface area contributed by atoms with Crippen LogP contribution in [-0.4, -0.2) is 36.1 Å². The summed E-state index contributed by atoms with van der Waals surface area (Å²) in [6.45, 7) is 1.53. The first-order valence-electron chi connectivity index (χ1n) is 7.05. The molecule has 0 bridgehead atoms. The van der Waals surface area contributed by atoms with Crippen LogP contribution in [0, 0.1) is 0 Å². The predicted octanol–water partition coefficient (Wildman–Crippen LogP) is 4.87. The molecule has 3 unspecified atom stereocenters. The van der Waals surface area contributed by atoms with Crippen molar-refractivity contribution in [2.24, 2.45) is 0 Å². The van der Waals surface area contributed by atoms with Crippen LogP contribution in [0.2, 0.25) is 0 Å². The minimum absolute atomic E-state index is 0.125. The Morgan fingerprint density at radius 2 is 1.50 bits per heavy atom. The first-order chi connectivity index (χ1) is 10.9. The smallest absolute Gasteiger partial charge is 0.372 e. The van der Waals surface area contributed by atoms with Crippen molar-refractivity contribution in [3.8, 4) is 11.5 Å². The second kappa shape index (κ2) is 6.00. The van der Waals surface area contributed by atoms with E-state index in [2.05, 4.69) is 0 Å². The van der Waals surface area contributed by atoms with Gasteiger partial charge in [-0.1, -0.05) is 12.1 Å². The van der Waals surface area contributed by atoms with Crippen LogP contribution in [-0.2, 0) is 0 Å². The van der Waals surface area contributed by atoms with Crippen LogP contribution in [0.25, 0.3) is 0 Å². The van der Waals surface area contributed by atoms with Gasteiger partial charge in [-0.2, -0.15) is 17.6 Å². The van der Waals surface area contributed by atoms with Crippen molar-refractivity contribution in [3.63, 3.8) is 0 Å². The highest BCUT2D eigenvalue weighted by Gasteiger charge is 2.72. The number of fused-ring (bicyclic) bond motifs is 1. The molecule has 2 rings (SSSR count). The SMILES string of the molecule is CC1Oc2ccccc2OC1CC(C)(F)C(F)(F)C(F)(F)C(F)F. The molecule has 2 nitrogen and oxygen atoms in total. The van der Waals surface area contributed by atoms with Crippen molar-refractivity contribution < 1.29 is 40.2 Å². The van der Waals surface area contributed by atoms with E-state index in [0.29, 0.717) is 0 Å². The molecular formula is C15H15F7O2. The molecular weight excluding hydrogens is 345 g/mol. The van der Waals surface area contributed by atoms with Gasteiger partial charge in [-0.05, 0) is 26.0 Å². The summed E-state index contributed by atoms with van der Waals surface area (Å²) in [5, 5.41) is 0. The van der Waals surface area contributed by atoms with Crippen LogP contribution in [0.15, 0.2) is 24.3 Å². The number of halogens is 7. The van der Waals surface area contributed by atoms with Crippen molar-refractivity contribution in [3.05, 3.63) is 24.3 Å². The quantitative estimate of drug-likeness (QED) is 0.698. The predicted molar refractivity (Wildman–Crippen MR) is 71.0 cm³/mol. The third kappa shape index (κ3) is 3.00. The standard InChI is InChI=1S/C15H15F7O2/c1-8-11(24-10-6-4-3-5-9(10)23-8)7-13(2,18)15(21,22)14(19,20)12(16)17/h3-6,8,11-12H,7H2,1-2H3. The van der Waals surface area contributed by atoms with Crippen molar-refractivity contribution in [2.75, 3.05) is 0 Å². The summed E-state index contributed by atoms with van der Waals surface area (Å²) in [6.07, 6.45) is -8.25. The molecule has 0 amide bonds. The molecule has 1 aliphatic rings. The van der Waals surface area contributed by atoms with E-state index in [4.69, 9.17) is 9.47 Å². The molecule has 24 heavy (non-hydrogen) atoms. The van der Waals surface area contributed by atoms with Crippen LogP contribution in [0.4, 0.5) is 30.7 Å². The third-order valence-corrected chi connectivity index (χ3v) is 3.90. The molecule has 1 aliphatic heterocycles. The number of hydrogen-bond acceptors (Lipinski definition) is 2. The molecule has 1 heterocycles. The maximum absolute atomic E-state index is 14.4. The number of hydrogen-bond donors (Lipinski definition) is 0. The van der Waals surface area contributed by atoms with Crippen LogP contribution >= 0.6 is 0 Å². The molecule has 0 spiro atoms. The van der Waals surface area contributed by atoms with E-state index in [1.165, 1.54) is 19.1 Å². The molecule has 0 aromatic heterocycles. The van der Waals surface area contributed by atoms with E-state index < -0.39 is 42.6 Å². The van der Waals surface area contributed by atoms with E-state index in [1.54, 1.807) is 12.1 Å². The van der Waals surface area contributed by atoms with E-state index in [1.807, 2.05) is 0 Å². The zero-order valence-corrected chi connectivity index (χ0v) is 12.7. The fourth-order valence-corrected chi connectivity index (χ4v) is 2.38. The highest BCUT2D eigenvalue weighted by Crippen LogP contribution is 2.50. The number of benzene rings is 1. The lowest BCUT2D eigenvalue weighted by Crippen LogP contribution is -2.60. The van der Waals surface area contributed by atoms with Gasteiger partial charge in [-0.15, -0.1) is 0 Å². The summed E-state index contributed by atoms with van der Waals surface area (Å²) in [4.78, 5) is 0. The first-order valence-corrected chi connectivity index (χ1v) is 7.05. The average Bonchev–Trinajstić information content (AvgIpc) is 2.47. The Morgan fingerprint density at radius 1 is 1.00 bits per heavy atom. The largest absolute Gasteiger partial charge is 0.483 e. The zero-order chi connectivity index (χ0) is 18.3. The van der Waals surface area contributed by atoms with Crippen molar-refractivity contribution in [2.45, 2.75) is 56.4 Å². The van der Waals surface area contributed by atoms with Gasteiger partial charge in [0, 0.05) is 6.42 Å². The summed E-state index contributed by atoms with van der Waals surface area (Å²) >= 11 is 0. The van der Waals surface area contributed by atoms with Crippen molar-refractivity contribution in [1.82, 2.24) is 0 Å². The summed E-state index contributed by atoms with van der Waals surface area (Å²) in [6, 6.07) is 6.11. The van der Waals surface area contributed by atoms with Crippen molar-refractivity contribution >= 4 is 0 Å². The molecule has 1 aromatic carbocycles. The second-order valence-corrected chi connectivity index (χ2v) is 5.83. The molecule has 3 atom stereocenters. The number of ether oxygens (including phenoxy) is 2. The Kier molecular flexibility index (Phi) is 4.67. The highest BCUT2D eigenvalue weighted by atomic mass is 19.3. The topological polar surface area (TPSA) is 18.5 Å². The van der Waals surface area contributed by atoms with E-state index in [-0.39, 0.29) is 18.4 Å². The van der Waals surface area contributed by atoms with Crippen LogP contribution in [0.3, 0.4) is 0 Å². The lowest BCUT2D eigenvalue weighted by Gasteiger charge is -2.39. The van der Waals surface area contributed by atoms with Gasteiger partial charge in [0.25, 0.3) is 0 Å².